The van der Waals surface area contributed by atoms with Crippen molar-refractivity contribution in [3.63, 3.8) is 0 Å². The van der Waals surface area contributed by atoms with Crippen molar-refractivity contribution >= 4 is 27.2 Å². The van der Waals surface area contributed by atoms with Crippen LogP contribution in [0.5, 0.6) is 0 Å². The molecule has 0 radical (unpaired) electrons. The van der Waals surface area contributed by atoms with E-state index in [0.717, 1.165) is 37.4 Å². The van der Waals surface area contributed by atoms with E-state index >= 15 is 0 Å². The molecular formula is C25H36ClN3S. The number of benzene rings is 2. The number of rotatable bonds is 9. The number of aromatic nitrogens is 1. The Bertz CT molecular complexity index is 981. The van der Waals surface area contributed by atoms with Crippen molar-refractivity contribution in [1.82, 2.24) is 9.56 Å². The first-order valence-electron chi connectivity index (χ1n) is 11.3. The normalized spacial score (nSPS) is 11.0. The van der Waals surface area contributed by atoms with E-state index < -0.39 is 0 Å². The number of halogens is 1. The Hall–Kier alpha value is -1.65. The molecule has 2 aliphatic rings. The molecule has 1 aromatic carbocycles. The summed E-state index contributed by atoms with van der Waals surface area (Å²) in [6, 6.07) is 11.4. The van der Waals surface area contributed by atoms with Gasteiger partial charge in [-0.3, -0.25) is 0 Å². The highest BCUT2D eigenvalue weighted by molar-refractivity contribution is 7.21. The predicted molar refractivity (Wildman–Crippen MR) is 129 cm³/mol. The van der Waals surface area contributed by atoms with Crippen molar-refractivity contribution in [1.29, 1.82) is 0 Å². The number of hydrogen-bond donors (Lipinski definition) is 0. The van der Waals surface area contributed by atoms with Crippen molar-refractivity contribution in [2.24, 2.45) is 0 Å². The van der Waals surface area contributed by atoms with Crippen molar-refractivity contribution in [3.8, 4) is 10.6 Å². The van der Waals surface area contributed by atoms with Crippen molar-refractivity contribution in [2.45, 2.75) is 60.3 Å². The predicted octanol–water partition coefficient (Wildman–Crippen LogP) is 2.93. The quantitative estimate of drug-likeness (QED) is 0.372. The Balaban J connectivity index is 0.00000320. The van der Waals surface area contributed by atoms with Crippen LogP contribution in [0.3, 0.4) is 0 Å². The lowest BCUT2D eigenvalue weighted by atomic mass is 10.1. The van der Waals surface area contributed by atoms with E-state index in [9.17, 15) is 0 Å². The van der Waals surface area contributed by atoms with E-state index in [1.54, 1.807) is 0 Å². The highest BCUT2D eigenvalue weighted by Crippen LogP contribution is 2.33. The molecule has 0 saturated carbocycles. The van der Waals surface area contributed by atoms with Gasteiger partial charge in [-0.15, -0.1) is 11.3 Å². The second kappa shape index (κ2) is 11.7. The van der Waals surface area contributed by atoms with E-state index in [-0.39, 0.29) is 12.4 Å². The summed E-state index contributed by atoms with van der Waals surface area (Å²) in [6.45, 7) is 15.5. The highest BCUT2D eigenvalue weighted by atomic mass is 35.5. The molecule has 0 fully saturated rings. The maximum absolute atomic E-state index is 5.03. The van der Waals surface area contributed by atoms with Crippen molar-refractivity contribution < 1.29 is 12.4 Å². The van der Waals surface area contributed by atoms with Gasteiger partial charge >= 0.3 is 0 Å². The van der Waals surface area contributed by atoms with Crippen LogP contribution in [0.4, 0.5) is 5.69 Å². The molecule has 0 saturated heterocycles. The Morgan fingerprint density at radius 2 is 1.60 bits per heavy atom. The lowest BCUT2D eigenvalue weighted by molar-refractivity contribution is -0.00000615. The summed E-state index contributed by atoms with van der Waals surface area (Å²) in [5.74, 6) is 0. The SMILES string of the molecule is CCCC[N+](CCCC)=c1ccc2nc3c(C)cc(N(CC)CC)cc3sc-2c1.[Cl-]. The van der Waals surface area contributed by atoms with Gasteiger partial charge < -0.3 is 17.3 Å². The molecule has 0 aromatic heterocycles. The van der Waals surface area contributed by atoms with E-state index in [4.69, 9.17) is 4.98 Å². The Morgan fingerprint density at radius 3 is 2.20 bits per heavy atom. The van der Waals surface area contributed by atoms with Crippen LogP contribution in [0.1, 0.15) is 58.9 Å². The Labute approximate surface area is 192 Å². The minimum Gasteiger partial charge on any atom is -1.00 e. The number of aryl methyl sites for hydroxylation is 1. The summed E-state index contributed by atoms with van der Waals surface area (Å²) < 4.78 is 3.84. The smallest absolute Gasteiger partial charge is 0.201 e. The number of unbranched alkanes of at least 4 members (excludes halogenated alkanes) is 2. The van der Waals surface area contributed by atoms with Gasteiger partial charge in [0.1, 0.15) is 13.1 Å². The third-order valence-electron chi connectivity index (χ3n) is 5.70. The van der Waals surface area contributed by atoms with Crippen LogP contribution in [-0.4, -0.2) is 31.2 Å². The zero-order valence-electron chi connectivity index (χ0n) is 19.2. The van der Waals surface area contributed by atoms with Gasteiger partial charge in [-0.1, -0.05) is 26.7 Å². The molecular weight excluding hydrogens is 410 g/mol. The number of hydrogen-bond acceptors (Lipinski definition) is 3. The lowest BCUT2D eigenvalue weighted by Gasteiger charge is -2.22. The molecule has 164 valence electrons. The van der Waals surface area contributed by atoms with Gasteiger partial charge in [0.15, 0.2) is 0 Å². The zero-order valence-corrected chi connectivity index (χ0v) is 20.7. The maximum Gasteiger partial charge on any atom is 0.201 e. The summed E-state index contributed by atoms with van der Waals surface area (Å²) in [6.07, 6.45) is 4.96. The fraction of sp³-hybridized carbons (Fsp3) is 0.520. The van der Waals surface area contributed by atoms with Crippen molar-refractivity contribution in [3.05, 3.63) is 41.3 Å². The second-order valence-electron chi connectivity index (χ2n) is 7.84. The number of fused-ring (bicyclic) bond motifs is 2. The Morgan fingerprint density at radius 1 is 0.933 bits per heavy atom. The van der Waals surface area contributed by atoms with Gasteiger partial charge in [0, 0.05) is 43.8 Å². The zero-order chi connectivity index (χ0) is 20.8. The third kappa shape index (κ3) is 5.53. The molecule has 0 bridgehead atoms. The monoisotopic (exact) mass is 445 g/mol. The van der Waals surface area contributed by atoms with Gasteiger partial charge in [-0.25, -0.2) is 9.56 Å². The minimum absolute atomic E-state index is 0. The fourth-order valence-corrected chi connectivity index (χ4v) is 5.02. The van der Waals surface area contributed by atoms with Gasteiger partial charge in [0.05, 0.1) is 20.8 Å². The molecule has 1 aliphatic heterocycles. The van der Waals surface area contributed by atoms with Gasteiger partial charge in [-0.05, 0) is 44.5 Å². The van der Waals surface area contributed by atoms with Crippen LogP contribution in [0.25, 0.3) is 20.8 Å². The molecule has 0 amide bonds. The molecule has 3 nitrogen and oxygen atoms in total. The second-order valence-corrected chi connectivity index (χ2v) is 8.93. The molecule has 1 aromatic rings. The van der Waals surface area contributed by atoms with Gasteiger partial charge in [0.2, 0.25) is 5.36 Å². The molecule has 5 heteroatoms. The molecule has 30 heavy (non-hydrogen) atoms. The summed E-state index contributed by atoms with van der Waals surface area (Å²) in [7, 11) is 0. The average molecular weight is 446 g/mol. The molecule has 0 atom stereocenters. The standard InChI is InChI=1S/C25H36N3S.ClH/c1-6-10-14-28(15-11-7-2)20-12-13-22-23(17-20)29-24-18-21(27(8-3)9-4)16-19(5)25(24)26-22;/h12-13,16-18H,6-11,14-15H2,1-5H3;1H/q+1;/p-1. The lowest BCUT2D eigenvalue weighted by Crippen LogP contribution is -3.00. The van der Waals surface area contributed by atoms with Gasteiger partial charge in [-0.2, -0.15) is 0 Å². The van der Waals surface area contributed by atoms with E-state index in [1.165, 1.54) is 51.9 Å². The molecule has 0 N–H and O–H groups in total. The van der Waals surface area contributed by atoms with E-state index in [1.807, 2.05) is 11.3 Å². The summed E-state index contributed by atoms with van der Waals surface area (Å²) in [5.41, 5.74) is 4.82. The number of nitrogens with zero attached hydrogens (tertiary/aromatic N) is 3. The van der Waals surface area contributed by atoms with E-state index in [0.29, 0.717) is 0 Å². The molecule has 0 unspecified atom stereocenters. The molecule has 3 rings (SSSR count). The summed E-state index contributed by atoms with van der Waals surface area (Å²) in [5, 5.41) is 1.34. The molecule has 1 aliphatic carbocycles. The van der Waals surface area contributed by atoms with Gasteiger partial charge in [0.25, 0.3) is 0 Å². The minimum atomic E-state index is 0. The summed E-state index contributed by atoms with van der Waals surface area (Å²) >= 11 is 1.88. The molecule has 1 heterocycles. The highest BCUT2D eigenvalue weighted by Gasteiger charge is 2.14. The fourth-order valence-electron chi connectivity index (χ4n) is 3.90. The van der Waals surface area contributed by atoms with Crippen LogP contribution in [0.15, 0.2) is 30.3 Å². The average Bonchev–Trinajstić information content (AvgIpc) is 2.73. The van der Waals surface area contributed by atoms with Crippen LogP contribution in [0, 0.1) is 6.92 Å². The first-order chi connectivity index (χ1) is 14.1. The van der Waals surface area contributed by atoms with E-state index in [2.05, 4.69) is 74.4 Å². The van der Waals surface area contributed by atoms with Crippen LogP contribution in [-0.2, 0) is 0 Å². The largest absolute Gasteiger partial charge is 1.00 e. The summed E-state index contributed by atoms with van der Waals surface area (Å²) in [4.78, 5) is 8.72. The first-order valence-corrected chi connectivity index (χ1v) is 12.1. The van der Waals surface area contributed by atoms with Crippen molar-refractivity contribution in [2.75, 3.05) is 31.1 Å². The van der Waals surface area contributed by atoms with Crippen LogP contribution >= 0.6 is 11.3 Å². The Kier molecular flexibility index (Phi) is 9.57. The van der Waals surface area contributed by atoms with Crippen LogP contribution in [0.2, 0.25) is 0 Å². The number of anilines is 1. The van der Waals surface area contributed by atoms with Crippen LogP contribution < -0.4 is 27.2 Å². The first kappa shape index (κ1) is 24.6. The maximum atomic E-state index is 5.03. The molecule has 0 spiro atoms. The topological polar surface area (TPSA) is 19.1 Å². The third-order valence-corrected chi connectivity index (χ3v) is 6.78.